The molecule has 1 atom stereocenters. The Morgan fingerprint density at radius 2 is 1.86 bits per heavy atom. The second-order valence-corrected chi connectivity index (χ2v) is 5.19. The van der Waals surface area contributed by atoms with Gasteiger partial charge in [-0.3, -0.25) is 9.59 Å². The minimum absolute atomic E-state index is 0. The lowest BCUT2D eigenvalue weighted by molar-refractivity contribution is -0.131. The van der Waals surface area contributed by atoms with Crippen molar-refractivity contribution in [3.05, 3.63) is 0 Å². The Hall–Kier alpha value is -0.850. The largest absolute Gasteiger partial charge is 0.380 e. The molecule has 1 rings (SSSR count). The van der Waals surface area contributed by atoms with Crippen LogP contribution >= 0.6 is 12.4 Å². The highest BCUT2D eigenvalue weighted by Gasteiger charge is 2.16. The molecule has 1 fully saturated rings. The number of likely N-dealkylation sites (tertiary alicyclic amines) is 1. The van der Waals surface area contributed by atoms with E-state index in [9.17, 15) is 9.59 Å². The van der Waals surface area contributed by atoms with Crippen LogP contribution in [-0.2, 0) is 14.3 Å². The number of hydrogen-bond donors (Lipinski definition) is 2. The van der Waals surface area contributed by atoms with Gasteiger partial charge in [-0.2, -0.15) is 0 Å². The van der Waals surface area contributed by atoms with Gasteiger partial charge in [-0.25, -0.2) is 0 Å². The van der Waals surface area contributed by atoms with E-state index in [0.29, 0.717) is 19.5 Å². The highest BCUT2D eigenvalue weighted by molar-refractivity contribution is 5.85. The molecule has 1 heterocycles. The molecule has 0 saturated carbocycles. The summed E-state index contributed by atoms with van der Waals surface area (Å²) in [5.74, 6) is 0.0142. The number of nitrogens with zero attached hydrogens (tertiary/aromatic N) is 1. The van der Waals surface area contributed by atoms with Crippen molar-refractivity contribution < 1.29 is 14.3 Å². The molecular formula is C14H28ClN3O3. The van der Waals surface area contributed by atoms with E-state index in [1.165, 1.54) is 20.0 Å². The number of carbonyl (C=O) groups excluding carboxylic acids is 2. The number of nitrogens with one attached hydrogen (secondary N) is 1. The van der Waals surface area contributed by atoms with E-state index < -0.39 is 0 Å². The molecule has 0 spiro atoms. The highest BCUT2D eigenvalue weighted by atomic mass is 35.5. The Bertz CT molecular complexity index is 304. The Morgan fingerprint density at radius 1 is 1.24 bits per heavy atom. The lowest BCUT2D eigenvalue weighted by atomic mass is 10.2. The van der Waals surface area contributed by atoms with Crippen LogP contribution in [0.2, 0.25) is 0 Å². The van der Waals surface area contributed by atoms with Crippen molar-refractivity contribution in [3.8, 4) is 0 Å². The number of rotatable bonds is 7. The molecule has 7 heteroatoms. The van der Waals surface area contributed by atoms with Gasteiger partial charge >= 0.3 is 0 Å². The number of nitrogens with two attached hydrogens (primary N) is 1. The van der Waals surface area contributed by atoms with Gasteiger partial charge in [-0.1, -0.05) is 12.8 Å². The summed E-state index contributed by atoms with van der Waals surface area (Å²) in [6, 6.07) is 0. The molecule has 0 radical (unpaired) electrons. The third-order valence-corrected chi connectivity index (χ3v) is 3.63. The molecule has 1 aliphatic rings. The summed E-state index contributed by atoms with van der Waals surface area (Å²) in [4.78, 5) is 25.5. The number of carbonyl (C=O) groups is 2. The monoisotopic (exact) mass is 321 g/mol. The first-order chi connectivity index (χ1) is 9.67. The van der Waals surface area contributed by atoms with E-state index in [1.807, 2.05) is 4.90 Å². The molecule has 2 amide bonds. The quantitative estimate of drug-likeness (QED) is 0.722. The number of hydrogen-bond acceptors (Lipinski definition) is 4. The molecule has 0 bridgehead atoms. The zero-order valence-electron chi connectivity index (χ0n) is 12.8. The van der Waals surface area contributed by atoms with Crippen molar-refractivity contribution >= 4 is 24.2 Å². The summed E-state index contributed by atoms with van der Waals surface area (Å²) in [7, 11) is 1.54. The Morgan fingerprint density at radius 3 is 2.38 bits per heavy atom. The molecule has 0 aromatic heterocycles. The smallest absolute Gasteiger partial charge is 0.224 e. The van der Waals surface area contributed by atoms with E-state index in [1.54, 1.807) is 0 Å². The lowest BCUT2D eigenvalue weighted by Crippen LogP contribution is -2.36. The Labute approximate surface area is 133 Å². The number of methoxy groups -OCH3 is 1. The van der Waals surface area contributed by atoms with Gasteiger partial charge in [0.2, 0.25) is 11.8 Å². The van der Waals surface area contributed by atoms with Crippen molar-refractivity contribution in [2.24, 2.45) is 5.73 Å². The molecular weight excluding hydrogens is 294 g/mol. The van der Waals surface area contributed by atoms with E-state index >= 15 is 0 Å². The second kappa shape index (κ2) is 11.8. The van der Waals surface area contributed by atoms with Crippen LogP contribution in [0.4, 0.5) is 0 Å². The van der Waals surface area contributed by atoms with Crippen LogP contribution in [0.1, 0.15) is 38.5 Å². The molecule has 0 aromatic rings. The van der Waals surface area contributed by atoms with Crippen LogP contribution < -0.4 is 11.1 Å². The van der Waals surface area contributed by atoms with Crippen molar-refractivity contribution in [2.45, 2.75) is 44.6 Å². The van der Waals surface area contributed by atoms with Crippen molar-refractivity contribution in [1.29, 1.82) is 0 Å². The van der Waals surface area contributed by atoms with Gasteiger partial charge in [0, 0.05) is 39.7 Å². The normalized spacial score (nSPS) is 16.6. The molecule has 6 nitrogen and oxygen atoms in total. The maximum absolute atomic E-state index is 12.0. The van der Waals surface area contributed by atoms with Crippen molar-refractivity contribution in [2.75, 3.05) is 33.3 Å². The lowest BCUT2D eigenvalue weighted by Gasteiger charge is -2.20. The van der Waals surface area contributed by atoms with Gasteiger partial charge < -0.3 is 20.7 Å². The third kappa shape index (κ3) is 8.24. The standard InChI is InChI=1S/C14H27N3O3.ClH/c1-20-12(11-15)10-13(18)16-7-6-14(19)17-8-4-2-3-5-9-17;/h12H,2-11,15H2,1H3,(H,16,18);1H. The minimum atomic E-state index is -0.253. The summed E-state index contributed by atoms with van der Waals surface area (Å²) in [6.07, 6.45) is 4.94. The van der Waals surface area contributed by atoms with Gasteiger partial charge in [0.25, 0.3) is 0 Å². The minimum Gasteiger partial charge on any atom is -0.380 e. The molecule has 124 valence electrons. The predicted molar refractivity (Wildman–Crippen MR) is 84.4 cm³/mol. The van der Waals surface area contributed by atoms with Crippen molar-refractivity contribution in [1.82, 2.24) is 10.2 Å². The molecule has 0 aromatic carbocycles. The molecule has 1 unspecified atom stereocenters. The third-order valence-electron chi connectivity index (χ3n) is 3.63. The van der Waals surface area contributed by atoms with Crippen LogP contribution in [0, 0.1) is 0 Å². The molecule has 3 N–H and O–H groups in total. The summed E-state index contributed by atoms with van der Waals surface area (Å²) in [5, 5.41) is 2.75. The van der Waals surface area contributed by atoms with E-state index in [0.717, 1.165) is 25.9 Å². The number of amides is 2. The van der Waals surface area contributed by atoms with E-state index in [2.05, 4.69) is 5.32 Å². The maximum Gasteiger partial charge on any atom is 0.224 e. The first kappa shape index (κ1) is 20.1. The van der Waals surface area contributed by atoms with Gasteiger partial charge in [0.05, 0.1) is 12.5 Å². The zero-order chi connectivity index (χ0) is 14.8. The van der Waals surface area contributed by atoms with Crippen LogP contribution in [0.15, 0.2) is 0 Å². The predicted octanol–water partition coefficient (Wildman–Crippen LogP) is 0.681. The molecule has 21 heavy (non-hydrogen) atoms. The summed E-state index contributed by atoms with van der Waals surface area (Å²) in [5.41, 5.74) is 5.45. The summed E-state index contributed by atoms with van der Waals surface area (Å²) in [6.45, 7) is 2.41. The zero-order valence-corrected chi connectivity index (χ0v) is 13.6. The second-order valence-electron chi connectivity index (χ2n) is 5.19. The van der Waals surface area contributed by atoms with Crippen LogP contribution in [0.5, 0.6) is 0 Å². The Balaban J connectivity index is 0.00000400. The molecule has 1 aliphatic heterocycles. The van der Waals surface area contributed by atoms with Gasteiger partial charge in [-0.15, -0.1) is 12.4 Å². The van der Waals surface area contributed by atoms with Crippen molar-refractivity contribution in [3.63, 3.8) is 0 Å². The molecule has 0 aliphatic carbocycles. The van der Waals surface area contributed by atoms with E-state index in [-0.39, 0.29) is 36.7 Å². The average Bonchev–Trinajstić information content (AvgIpc) is 2.73. The summed E-state index contributed by atoms with van der Waals surface area (Å²) >= 11 is 0. The van der Waals surface area contributed by atoms with Crippen LogP contribution in [0.3, 0.4) is 0 Å². The first-order valence-corrected chi connectivity index (χ1v) is 7.44. The maximum atomic E-state index is 12.0. The highest BCUT2D eigenvalue weighted by Crippen LogP contribution is 2.10. The van der Waals surface area contributed by atoms with Gasteiger partial charge in [-0.05, 0) is 12.8 Å². The topological polar surface area (TPSA) is 84.7 Å². The number of halogens is 1. The van der Waals surface area contributed by atoms with Gasteiger partial charge in [0.15, 0.2) is 0 Å². The average molecular weight is 322 g/mol. The van der Waals surface area contributed by atoms with Gasteiger partial charge in [0.1, 0.15) is 0 Å². The van der Waals surface area contributed by atoms with E-state index in [4.69, 9.17) is 10.5 Å². The fourth-order valence-electron chi connectivity index (χ4n) is 2.33. The van der Waals surface area contributed by atoms with Crippen LogP contribution in [0.25, 0.3) is 0 Å². The SMILES string of the molecule is COC(CN)CC(=O)NCCC(=O)N1CCCCCC1.Cl. The number of ether oxygens (including phenoxy) is 1. The summed E-state index contributed by atoms with van der Waals surface area (Å²) < 4.78 is 5.05. The first-order valence-electron chi connectivity index (χ1n) is 7.44. The fraction of sp³-hybridized carbons (Fsp3) is 0.857. The Kier molecular flexibility index (Phi) is 11.3. The fourth-order valence-corrected chi connectivity index (χ4v) is 2.33. The van der Waals surface area contributed by atoms with Crippen LogP contribution in [-0.4, -0.2) is 56.1 Å². The molecule has 1 saturated heterocycles.